The molecule has 1 aliphatic rings. The van der Waals surface area contributed by atoms with Crippen molar-refractivity contribution in [3.05, 3.63) is 22.5 Å². The van der Waals surface area contributed by atoms with Gasteiger partial charge in [-0.1, -0.05) is 0 Å². The zero-order chi connectivity index (χ0) is 18.7. The highest BCUT2D eigenvalue weighted by Gasteiger charge is 2.18. The highest BCUT2D eigenvalue weighted by molar-refractivity contribution is 5.40. The molecule has 1 saturated heterocycles. The molecule has 0 aliphatic carbocycles. The van der Waals surface area contributed by atoms with E-state index < -0.39 is 0 Å². The van der Waals surface area contributed by atoms with Crippen LogP contribution in [0.25, 0.3) is 0 Å². The van der Waals surface area contributed by atoms with Crippen molar-refractivity contribution in [2.75, 3.05) is 50.2 Å². The van der Waals surface area contributed by atoms with Crippen LogP contribution in [-0.4, -0.2) is 65.1 Å². The van der Waals surface area contributed by atoms with Gasteiger partial charge in [-0.3, -0.25) is 4.79 Å². The first-order valence-corrected chi connectivity index (χ1v) is 8.48. The number of rotatable bonds is 5. The summed E-state index contributed by atoms with van der Waals surface area (Å²) in [5, 5.41) is 4.22. The van der Waals surface area contributed by atoms with E-state index in [1.165, 1.54) is 16.8 Å². The summed E-state index contributed by atoms with van der Waals surface area (Å²) in [5.74, 6) is 1.26. The first-order chi connectivity index (χ1) is 12.4. The molecule has 0 spiro atoms. The Morgan fingerprint density at radius 1 is 1.15 bits per heavy atom. The van der Waals surface area contributed by atoms with Gasteiger partial charge in [-0.2, -0.15) is 15.0 Å². The first-order valence-electron chi connectivity index (χ1n) is 8.48. The number of nitrogens with zero attached hydrogens (tertiary/aromatic N) is 7. The van der Waals surface area contributed by atoms with E-state index in [2.05, 4.69) is 20.1 Å². The van der Waals surface area contributed by atoms with Crippen molar-refractivity contribution in [2.24, 2.45) is 0 Å². The van der Waals surface area contributed by atoms with Crippen molar-refractivity contribution >= 4 is 11.9 Å². The summed E-state index contributed by atoms with van der Waals surface area (Å²) >= 11 is 0. The van der Waals surface area contributed by atoms with Gasteiger partial charge in [0.1, 0.15) is 0 Å². The van der Waals surface area contributed by atoms with Crippen LogP contribution in [0.1, 0.15) is 19.9 Å². The molecular weight excluding hydrogens is 338 g/mol. The Hall–Kier alpha value is -2.75. The van der Waals surface area contributed by atoms with E-state index in [9.17, 15) is 4.79 Å². The van der Waals surface area contributed by atoms with Crippen molar-refractivity contribution in [1.29, 1.82) is 0 Å². The fourth-order valence-corrected chi connectivity index (χ4v) is 2.41. The first kappa shape index (κ1) is 18.1. The van der Waals surface area contributed by atoms with E-state index in [1.54, 1.807) is 4.90 Å². The van der Waals surface area contributed by atoms with Crippen molar-refractivity contribution in [3.8, 4) is 11.9 Å². The van der Waals surface area contributed by atoms with E-state index >= 15 is 0 Å². The summed E-state index contributed by atoms with van der Waals surface area (Å²) in [6, 6.07) is 2.98. The van der Waals surface area contributed by atoms with Crippen molar-refractivity contribution in [1.82, 2.24) is 24.7 Å². The summed E-state index contributed by atoms with van der Waals surface area (Å²) in [4.78, 5) is 28.8. The quantitative estimate of drug-likeness (QED) is 0.762. The third kappa shape index (κ3) is 4.07. The summed E-state index contributed by atoms with van der Waals surface area (Å²) in [6.07, 6.45) is 0. The molecule has 0 radical (unpaired) electrons. The fourth-order valence-electron chi connectivity index (χ4n) is 2.41. The molecule has 140 valence electrons. The van der Waals surface area contributed by atoms with E-state index in [0.717, 1.165) is 0 Å². The number of ether oxygens (including phenoxy) is 2. The van der Waals surface area contributed by atoms with Crippen molar-refractivity contribution in [2.45, 2.75) is 19.9 Å². The van der Waals surface area contributed by atoms with Gasteiger partial charge in [0.2, 0.25) is 17.8 Å². The molecule has 3 rings (SSSR count). The van der Waals surface area contributed by atoms with Gasteiger partial charge in [-0.05, 0) is 13.8 Å². The normalized spacial score (nSPS) is 14.6. The molecule has 0 saturated carbocycles. The Balaban J connectivity index is 1.92. The smallest absolute Gasteiger partial charge is 0.330 e. The predicted octanol–water partition coefficient (Wildman–Crippen LogP) is 0.704. The largest absolute Gasteiger partial charge is 0.403 e. The van der Waals surface area contributed by atoms with E-state index in [1.807, 2.05) is 32.8 Å². The average Bonchev–Trinajstić information content (AvgIpc) is 2.63. The van der Waals surface area contributed by atoms with Crippen LogP contribution >= 0.6 is 0 Å². The maximum atomic E-state index is 11.8. The number of aromatic nitrogens is 5. The monoisotopic (exact) mass is 361 g/mol. The molecule has 0 atom stereocenters. The Labute approximate surface area is 151 Å². The van der Waals surface area contributed by atoms with Gasteiger partial charge in [-0.25, -0.2) is 4.68 Å². The summed E-state index contributed by atoms with van der Waals surface area (Å²) in [6.45, 7) is 6.41. The molecule has 1 fully saturated rings. The Kier molecular flexibility index (Phi) is 5.31. The number of hydrogen-bond donors (Lipinski definition) is 0. The van der Waals surface area contributed by atoms with Crippen LogP contribution < -0.4 is 20.1 Å². The zero-order valence-electron chi connectivity index (χ0n) is 15.4. The molecule has 10 heteroatoms. The van der Waals surface area contributed by atoms with E-state index in [0.29, 0.717) is 38.2 Å². The van der Waals surface area contributed by atoms with Crippen LogP contribution in [0.4, 0.5) is 11.9 Å². The Morgan fingerprint density at radius 2 is 1.88 bits per heavy atom. The second-order valence-corrected chi connectivity index (χ2v) is 6.36. The van der Waals surface area contributed by atoms with Gasteiger partial charge in [0.15, 0.2) is 0 Å². The predicted molar refractivity (Wildman–Crippen MR) is 96.1 cm³/mol. The van der Waals surface area contributed by atoms with Gasteiger partial charge < -0.3 is 19.3 Å². The highest BCUT2D eigenvalue weighted by atomic mass is 16.5. The lowest BCUT2D eigenvalue weighted by atomic mass is 10.4. The SMILES string of the molecule is CC(C)n1nc(Oc2nc(N(C)C)nc(N3CCOCC3)n2)ccc1=O. The van der Waals surface area contributed by atoms with Gasteiger partial charge in [0.05, 0.1) is 19.3 Å². The molecule has 0 unspecified atom stereocenters. The van der Waals surface area contributed by atoms with Crippen LogP contribution in [0.5, 0.6) is 11.9 Å². The average molecular weight is 361 g/mol. The third-order valence-electron chi connectivity index (χ3n) is 3.77. The third-order valence-corrected chi connectivity index (χ3v) is 3.77. The van der Waals surface area contributed by atoms with Gasteiger partial charge in [0, 0.05) is 39.3 Å². The minimum atomic E-state index is -0.189. The number of morpholine rings is 1. The molecular formula is C16H23N7O3. The second kappa shape index (κ2) is 7.65. The minimum Gasteiger partial charge on any atom is -0.403 e. The Morgan fingerprint density at radius 3 is 2.54 bits per heavy atom. The highest BCUT2D eigenvalue weighted by Crippen LogP contribution is 2.21. The van der Waals surface area contributed by atoms with Crippen LogP contribution in [0, 0.1) is 0 Å². The molecule has 0 N–H and O–H groups in total. The molecule has 0 aromatic carbocycles. The van der Waals surface area contributed by atoms with Crippen LogP contribution in [-0.2, 0) is 4.74 Å². The second-order valence-electron chi connectivity index (χ2n) is 6.36. The van der Waals surface area contributed by atoms with E-state index in [-0.39, 0.29) is 23.5 Å². The molecule has 3 heterocycles. The standard InChI is InChI=1S/C16H23N7O3/c1-11(2)23-13(24)6-5-12(20-23)26-16-18-14(21(3)4)17-15(19-16)22-7-9-25-10-8-22/h5-6,11H,7-10H2,1-4H3. The maximum Gasteiger partial charge on any atom is 0.330 e. The lowest BCUT2D eigenvalue weighted by molar-refractivity contribution is 0.122. The Bertz CT molecular complexity index is 816. The summed E-state index contributed by atoms with van der Waals surface area (Å²) in [7, 11) is 3.69. The molecule has 26 heavy (non-hydrogen) atoms. The van der Waals surface area contributed by atoms with Crippen molar-refractivity contribution in [3.63, 3.8) is 0 Å². The lowest BCUT2D eigenvalue weighted by Crippen LogP contribution is -2.37. The van der Waals surface area contributed by atoms with Gasteiger partial charge >= 0.3 is 6.01 Å². The molecule has 1 aliphatic heterocycles. The zero-order valence-corrected chi connectivity index (χ0v) is 15.4. The fraction of sp³-hybridized carbons (Fsp3) is 0.562. The van der Waals surface area contributed by atoms with Crippen LogP contribution in [0.3, 0.4) is 0 Å². The molecule has 2 aromatic rings. The van der Waals surface area contributed by atoms with Gasteiger partial charge in [0.25, 0.3) is 5.56 Å². The van der Waals surface area contributed by atoms with Crippen LogP contribution in [0.15, 0.2) is 16.9 Å². The van der Waals surface area contributed by atoms with Crippen LogP contribution in [0.2, 0.25) is 0 Å². The van der Waals surface area contributed by atoms with Crippen molar-refractivity contribution < 1.29 is 9.47 Å². The number of hydrogen-bond acceptors (Lipinski definition) is 9. The number of anilines is 2. The molecule has 2 aromatic heterocycles. The maximum absolute atomic E-state index is 11.8. The minimum absolute atomic E-state index is 0.0781. The summed E-state index contributed by atoms with van der Waals surface area (Å²) in [5.41, 5.74) is -0.189. The molecule has 10 nitrogen and oxygen atoms in total. The topological polar surface area (TPSA) is 98.5 Å². The van der Waals surface area contributed by atoms with E-state index in [4.69, 9.17) is 9.47 Å². The summed E-state index contributed by atoms with van der Waals surface area (Å²) < 4.78 is 12.5. The van der Waals surface area contributed by atoms with Gasteiger partial charge in [-0.15, -0.1) is 5.10 Å². The molecule has 0 bridgehead atoms. The molecule has 0 amide bonds. The lowest BCUT2D eigenvalue weighted by Gasteiger charge is -2.27.